The Kier molecular flexibility index (Phi) is 4.81. The van der Waals surface area contributed by atoms with Gasteiger partial charge >= 0.3 is 0 Å². The fourth-order valence-electron chi connectivity index (χ4n) is 3.48. The summed E-state index contributed by atoms with van der Waals surface area (Å²) < 4.78 is 0. The van der Waals surface area contributed by atoms with Gasteiger partial charge in [-0.2, -0.15) is 0 Å². The van der Waals surface area contributed by atoms with Crippen LogP contribution in [-0.2, 0) is 0 Å². The quantitative estimate of drug-likeness (QED) is 0.925. The van der Waals surface area contributed by atoms with Crippen molar-refractivity contribution in [2.75, 3.05) is 19.4 Å². The monoisotopic (exact) mass is 312 g/mol. The number of nitrogens with zero attached hydrogens (tertiary/aromatic N) is 3. The molecule has 1 aliphatic carbocycles. The lowest BCUT2D eigenvalue weighted by Gasteiger charge is -2.33. The van der Waals surface area contributed by atoms with Crippen molar-refractivity contribution in [2.45, 2.75) is 57.5 Å². The molecule has 0 radical (unpaired) electrons. The fraction of sp³-hybridized carbons (Fsp3) is 0.579. The van der Waals surface area contributed by atoms with Gasteiger partial charge in [0.1, 0.15) is 12.1 Å². The minimum Gasteiger partial charge on any atom is -0.367 e. The van der Waals surface area contributed by atoms with Gasteiger partial charge in [0.2, 0.25) is 0 Å². The summed E-state index contributed by atoms with van der Waals surface area (Å²) >= 11 is 0. The third-order valence-electron chi connectivity index (χ3n) is 5.09. The molecule has 23 heavy (non-hydrogen) atoms. The minimum atomic E-state index is 0.517. The van der Waals surface area contributed by atoms with E-state index in [4.69, 9.17) is 0 Å². The average Bonchev–Trinajstić information content (AvgIpc) is 2.55. The van der Waals surface area contributed by atoms with Gasteiger partial charge in [-0.1, -0.05) is 19.9 Å². The highest BCUT2D eigenvalue weighted by Gasteiger charge is 2.23. The highest BCUT2D eigenvalue weighted by Crippen LogP contribution is 2.28. The Bertz CT molecular complexity index is 657. The molecule has 1 aliphatic rings. The topological polar surface area (TPSA) is 41.1 Å². The number of benzene rings is 1. The van der Waals surface area contributed by atoms with Crippen molar-refractivity contribution in [3.05, 3.63) is 30.1 Å². The number of hydrogen-bond acceptors (Lipinski definition) is 4. The molecule has 124 valence electrons. The molecule has 0 amide bonds. The molecule has 1 aromatic carbocycles. The third kappa shape index (κ3) is 3.63. The molecule has 0 spiro atoms. The van der Waals surface area contributed by atoms with Crippen LogP contribution in [0.1, 0.15) is 51.0 Å². The van der Waals surface area contributed by atoms with Crippen LogP contribution in [0.5, 0.6) is 0 Å². The summed E-state index contributed by atoms with van der Waals surface area (Å²) in [4.78, 5) is 11.3. The maximum atomic E-state index is 4.52. The zero-order chi connectivity index (χ0) is 16.4. The molecular formula is C19H28N4. The number of aromatic nitrogens is 2. The van der Waals surface area contributed by atoms with Crippen LogP contribution in [0.4, 0.5) is 5.82 Å². The Morgan fingerprint density at radius 2 is 1.83 bits per heavy atom. The molecule has 2 aromatic rings. The molecule has 0 aliphatic heterocycles. The third-order valence-corrected chi connectivity index (χ3v) is 5.09. The second-order valence-electron chi connectivity index (χ2n) is 7.27. The van der Waals surface area contributed by atoms with E-state index in [2.05, 4.69) is 66.3 Å². The molecule has 0 atom stereocenters. The number of anilines is 1. The van der Waals surface area contributed by atoms with Gasteiger partial charge in [-0.3, -0.25) is 0 Å². The van der Waals surface area contributed by atoms with Crippen molar-refractivity contribution in [3.63, 3.8) is 0 Å². The lowest BCUT2D eigenvalue weighted by Crippen LogP contribution is -2.36. The molecule has 4 heteroatoms. The molecular weight excluding hydrogens is 284 g/mol. The molecule has 1 fully saturated rings. The van der Waals surface area contributed by atoms with E-state index in [1.807, 2.05) is 0 Å². The minimum absolute atomic E-state index is 0.517. The van der Waals surface area contributed by atoms with Gasteiger partial charge in [0.05, 0.1) is 5.52 Å². The molecule has 1 heterocycles. The van der Waals surface area contributed by atoms with Crippen molar-refractivity contribution in [1.82, 2.24) is 14.9 Å². The molecule has 0 bridgehead atoms. The second kappa shape index (κ2) is 6.83. The van der Waals surface area contributed by atoms with E-state index in [1.165, 1.54) is 31.2 Å². The lowest BCUT2D eigenvalue weighted by atomic mass is 9.90. The predicted molar refractivity (Wildman–Crippen MR) is 97.0 cm³/mol. The normalized spacial score (nSPS) is 22.0. The van der Waals surface area contributed by atoms with Crippen LogP contribution >= 0.6 is 0 Å². The van der Waals surface area contributed by atoms with Crippen LogP contribution in [0, 0.1) is 0 Å². The van der Waals surface area contributed by atoms with Crippen LogP contribution in [0.25, 0.3) is 10.9 Å². The van der Waals surface area contributed by atoms with Gasteiger partial charge in [-0.25, -0.2) is 9.97 Å². The average molecular weight is 312 g/mol. The number of hydrogen-bond donors (Lipinski definition) is 1. The van der Waals surface area contributed by atoms with Crippen LogP contribution in [0.3, 0.4) is 0 Å². The first-order valence-corrected chi connectivity index (χ1v) is 8.72. The van der Waals surface area contributed by atoms with Crippen molar-refractivity contribution in [3.8, 4) is 0 Å². The van der Waals surface area contributed by atoms with Gasteiger partial charge < -0.3 is 10.2 Å². The first-order valence-electron chi connectivity index (χ1n) is 8.72. The van der Waals surface area contributed by atoms with E-state index in [0.29, 0.717) is 12.0 Å². The number of rotatable bonds is 4. The van der Waals surface area contributed by atoms with Crippen LogP contribution < -0.4 is 5.32 Å². The van der Waals surface area contributed by atoms with Gasteiger partial charge in [-0.15, -0.1) is 0 Å². The molecule has 1 aromatic heterocycles. The van der Waals surface area contributed by atoms with Gasteiger partial charge in [-0.05, 0) is 63.4 Å². The summed E-state index contributed by atoms with van der Waals surface area (Å²) in [6.45, 7) is 4.45. The predicted octanol–water partition coefficient (Wildman–Crippen LogP) is 4.04. The highest BCUT2D eigenvalue weighted by atomic mass is 15.1. The second-order valence-corrected chi connectivity index (χ2v) is 7.27. The summed E-state index contributed by atoms with van der Waals surface area (Å²) in [6, 6.07) is 7.77. The Labute approximate surface area is 139 Å². The summed E-state index contributed by atoms with van der Waals surface area (Å²) in [5.41, 5.74) is 2.36. The van der Waals surface area contributed by atoms with Gasteiger partial charge in [0.15, 0.2) is 0 Å². The van der Waals surface area contributed by atoms with Crippen molar-refractivity contribution in [2.24, 2.45) is 0 Å². The molecule has 1 saturated carbocycles. The standard InChI is InChI=1S/C19H28N4/c1-13(2)14-5-10-18-17(11-14)19(21-12-20-18)22-15-6-8-16(9-7-15)23(3)4/h5,10-13,15-16H,6-9H2,1-4H3,(H,20,21,22). The maximum Gasteiger partial charge on any atom is 0.137 e. The summed E-state index contributed by atoms with van der Waals surface area (Å²) in [5.74, 6) is 1.51. The van der Waals surface area contributed by atoms with E-state index >= 15 is 0 Å². The van der Waals surface area contributed by atoms with Crippen LogP contribution in [0.15, 0.2) is 24.5 Å². The van der Waals surface area contributed by atoms with Crippen molar-refractivity contribution in [1.29, 1.82) is 0 Å². The SMILES string of the molecule is CC(C)c1ccc2ncnc(NC3CCC(N(C)C)CC3)c2c1. The Morgan fingerprint density at radius 3 is 2.48 bits per heavy atom. The summed E-state index contributed by atoms with van der Waals surface area (Å²) in [6.07, 6.45) is 6.59. The Morgan fingerprint density at radius 1 is 1.09 bits per heavy atom. The Hall–Kier alpha value is -1.68. The van der Waals surface area contributed by atoms with Crippen LogP contribution in [0.2, 0.25) is 0 Å². The summed E-state index contributed by atoms with van der Waals surface area (Å²) in [7, 11) is 4.37. The van der Waals surface area contributed by atoms with E-state index in [0.717, 1.165) is 22.8 Å². The molecule has 0 unspecified atom stereocenters. The largest absolute Gasteiger partial charge is 0.367 e. The van der Waals surface area contributed by atoms with Gasteiger partial charge in [0, 0.05) is 17.5 Å². The smallest absolute Gasteiger partial charge is 0.137 e. The first kappa shape index (κ1) is 16.2. The van der Waals surface area contributed by atoms with E-state index < -0.39 is 0 Å². The van der Waals surface area contributed by atoms with Crippen LogP contribution in [-0.4, -0.2) is 41.0 Å². The van der Waals surface area contributed by atoms with Crippen molar-refractivity contribution < 1.29 is 0 Å². The van der Waals surface area contributed by atoms with Crippen molar-refractivity contribution >= 4 is 16.7 Å². The first-order chi connectivity index (χ1) is 11.0. The van der Waals surface area contributed by atoms with E-state index in [1.54, 1.807) is 6.33 Å². The lowest BCUT2D eigenvalue weighted by molar-refractivity contribution is 0.221. The fourth-order valence-corrected chi connectivity index (χ4v) is 3.48. The molecule has 0 saturated heterocycles. The molecule has 1 N–H and O–H groups in total. The Balaban J connectivity index is 1.79. The zero-order valence-corrected chi connectivity index (χ0v) is 14.7. The molecule has 3 rings (SSSR count). The maximum absolute atomic E-state index is 4.52. The number of nitrogens with one attached hydrogen (secondary N) is 1. The molecule has 4 nitrogen and oxygen atoms in total. The van der Waals surface area contributed by atoms with Gasteiger partial charge in [0.25, 0.3) is 0 Å². The number of fused-ring (bicyclic) bond motifs is 1. The zero-order valence-electron chi connectivity index (χ0n) is 14.7. The van der Waals surface area contributed by atoms with E-state index in [-0.39, 0.29) is 0 Å². The summed E-state index contributed by atoms with van der Waals surface area (Å²) in [5, 5.41) is 4.83. The van der Waals surface area contributed by atoms with E-state index in [9.17, 15) is 0 Å². The highest BCUT2D eigenvalue weighted by molar-refractivity contribution is 5.89.